The minimum atomic E-state index is -0.109. The molecule has 1 aromatic carbocycles. The van der Waals surface area contributed by atoms with Gasteiger partial charge in [-0.1, -0.05) is 17.7 Å². The van der Waals surface area contributed by atoms with Crippen molar-refractivity contribution in [1.82, 2.24) is 14.1 Å². The Labute approximate surface area is 108 Å². The lowest BCUT2D eigenvalue weighted by Crippen LogP contribution is -2.13. The Morgan fingerprint density at radius 1 is 1.33 bits per heavy atom. The van der Waals surface area contributed by atoms with E-state index in [1.807, 2.05) is 35.9 Å². The van der Waals surface area contributed by atoms with Gasteiger partial charge in [-0.05, 0) is 18.2 Å². The van der Waals surface area contributed by atoms with E-state index < -0.39 is 0 Å². The maximum atomic E-state index is 12.3. The zero-order chi connectivity index (χ0) is 12.7. The number of hydrogen-bond acceptors (Lipinski definition) is 2. The Balaban J connectivity index is 2.19. The summed E-state index contributed by atoms with van der Waals surface area (Å²) in [6.07, 6.45) is 4.71. The number of nitrogens with zero attached hydrogens (tertiary/aromatic N) is 3. The minimum absolute atomic E-state index is 0.109. The number of fused-ring (bicyclic) bond motifs is 1. The number of aromatic nitrogens is 3. The lowest BCUT2D eigenvalue weighted by molar-refractivity contribution is 0.0952. The number of imidazole rings is 1. The molecule has 0 unspecified atom stereocenters. The lowest BCUT2D eigenvalue weighted by Gasteiger charge is -2.03. The summed E-state index contributed by atoms with van der Waals surface area (Å²) in [6, 6.07) is 7.42. The molecule has 0 radical (unpaired) electrons. The molecular weight excluding hydrogens is 250 g/mol. The van der Waals surface area contributed by atoms with Gasteiger partial charge in [0.05, 0.1) is 0 Å². The molecule has 0 saturated heterocycles. The molecule has 2 heterocycles. The number of halogens is 1. The van der Waals surface area contributed by atoms with Crippen molar-refractivity contribution in [2.75, 3.05) is 0 Å². The molecule has 0 aliphatic carbocycles. The minimum Gasteiger partial charge on any atom is -0.340 e. The van der Waals surface area contributed by atoms with Crippen LogP contribution in [0.5, 0.6) is 0 Å². The lowest BCUT2D eigenvalue weighted by atomic mass is 10.2. The highest BCUT2D eigenvalue weighted by Gasteiger charge is 2.14. The predicted octanol–water partition coefficient (Wildman–Crippen LogP) is 2.72. The highest BCUT2D eigenvalue weighted by Crippen LogP contribution is 2.23. The molecular formula is C13H10ClN3O. The second kappa shape index (κ2) is 3.99. The summed E-state index contributed by atoms with van der Waals surface area (Å²) in [5, 5.41) is 1.65. The van der Waals surface area contributed by atoms with Crippen molar-refractivity contribution in [2.45, 2.75) is 0 Å². The highest BCUT2D eigenvalue weighted by atomic mass is 35.5. The van der Waals surface area contributed by atoms with Crippen LogP contribution in [0.25, 0.3) is 10.9 Å². The van der Waals surface area contributed by atoms with Crippen molar-refractivity contribution >= 4 is 28.4 Å². The van der Waals surface area contributed by atoms with Gasteiger partial charge < -0.3 is 4.57 Å². The predicted molar refractivity (Wildman–Crippen MR) is 69.9 cm³/mol. The number of aryl methyl sites for hydroxylation is 1. The van der Waals surface area contributed by atoms with Crippen LogP contribution < -0.4 is 0 Å². The van der Waals surface area contributed by atoms with E-state index in [0.29, 0.717) is 10.7 Å². The largest absolute Gasteiger partial charge is 0.340 e. The van der Waals surface area contributed by atoms with Gasteiger partial charge >= 0.3 is 0 Å². The molecule has 0 N–H and O–H groups in total. The molecule has 0 fully saturated rings. The van der Waals surface area contributed by atoms with Gasteiger partial charge in [0.1, 0.15) is 12.0 Å². The summed E-state index contributed by atoms with van der Waals surface area (Å²) < 4.78 is 3.29. The maximum absolute atomic E-state index is 12.3. The third-order valence-corrected chi connectivity index (χ3v) is 3.20. The summed E-state index contributed by atoms with van der Waals surface area (Å²) in [5.41, 5.74) is 1.54. The van der Waals surface area contributed by atoms with E-state index in [0.717, 1.165) is 10.9 Å². The van der Waals surface area contributed by atoms with Crippen LogP contribution in [-0.4, -0.2) is 20.0 Å². The first-order chi connectivity index (χ1) is 8.66. The topological polar surface area (TPSA) is 39.8 Å². The van der Waals surface area contributed by atoms with E-state index in [-0.39, 0.29) is 5.91 Å². The van der Waals surface area contributed by atoms with Crippen molar-refractivity contribution < 1.29 is 4.79 Å². The van der Waals surface area contributed by atoms with Crippen LogP contribution in [0.15, 0.2) is 43.0 Å². The van der Waals surface area contributed by atoms with Gasteiger partial charge in [-0.2, -0.15) is 0 Å². The zero-order valence-electron chi connectivity index (χ0n) is 9.67. The SMILES string of the molecule is Cn1c(C(=O)n2ccnc2)cc2ccc(Cl)cc21. The first-order valence-corrected chi connectivity index (χ1v) is 5.82. The van der Waals surface area contributed by atoms with Gasteiger partial charge in [-0.15, -0.1) is 0 Å². The summed E-state index contributed by atoms with van der Waals surface area (Å²) in [6.45, 7) is 0. The fourth-order valence-corrected chi connectivity index (χ4v) is 2.19. The zero-order valence-corrected chi connectivity index (χ0v) is 10.4. The van der Waals surface area contributed by atoms with Crippen LogP contribution >= 0.6 is 11.6 Å². The summed E-state index contributed by atoms with van der Waals surface area (Å²) in [4.78, 5) is 16.1. The average Bonchev–Trinajstić information content (AvgIpc) is 2.98. The van der Waals surface area contributed by atoms with Gasteiger partial charge in [0.2, 0.25) is 0 Å². The second-order valence-corrected chi connectivity index (χ2v) is 4.50. The Morgan fingerprint density at radius 2 is 2.17 bits per heavy atom. The molecule has 0 aliphatic rings. The molecule has 3 rings (SSSR count). The smallest absolute Gasteiger partial charge is 0.279 e. The molecule has 0 bridgehead atoms. The van der Waals surface area contributed by atoms with E-state index >= 15 is 0 Å². The number of carbonyl (C=O) groups excluding carboxylic acids is 1. The molecule has 0 spiro atoms. The van der Waals surface area contributed by atoms with E-state index in [4.69, 9.17) is 11.6 Å². The monoisotopic (exact) mass is 259 g/mol. The van der Waals surface area contributed by atoms with E-state index in [1.54, 1.807) is 12.4 Å². The van der Waals surface area contributed by atoms with Crippen LogP contribution in [0.2, 0.25) is 5.02 Å². The summed E-state index contributed by atoms with van der Waals surface area (Å²) >= 11 is 5.97. The third kappa shape index (κ3) is 1.62. The molecule has 0 amide bonds. The van der Waals surface area contributed by atoms with E-state index in [9.17, 15) is 4.79 Å². The molecule has 4 nitrogen and oxygen atoms in total. The Kier molecular flexibility index (Phi) is 2.45. The fraction of sp³-hybridized carbons (Fsp3) is 0.0769. The molecule has 90 valence electrons. The van der Waals surface area contributed by atoms with Crippen LogP contribution in [0.3, 0.4) is 0 Å². The molecule has 0 saturated carbocycles. The quantitative estimate of drug-likeness (QED) is 0.674. The van der Waals surface area contributed by atoms with Gasteiger partial charge in [-0.3, -0.25) is 9.36 Å². The van der Waals surface area contributed by atoms with Crippen molar-refractivity contribution in [3.63, 3.8) is 0 Å². The Bertz CT molecular complexity index is 728. The normalized spacial score (nSPS) is 11.0. The van der Waals surface area contributed by atoms with Crippen molar-refractivity contribution in [3.8, 4) is 0 Å². The number of rotatable bonds is 1. The fourth-order valence-electron chi connectivity index (χ4n) is 2.02. The van der Waals surface area contributed by atoms with Gasteiger partial charge in [0.15, 0.2) is 0 Å². The van der Waals surface area contributed by atoms with E-state index in [1.165, 1.54) is 10.9 Å². The number of hydrogen-bond donors (Lipinski definition) is 0. The van der Waals surface area contributed by atoms with Gasteiger partial charge in [0, 0.05) is 35.4 Å². The van der Waals surface area contributed by atoms with Crippen LogP contribution in [0.1, 0.15) is 10.5 Å². The average molecular weight is 260 g/mol. The van der Waals surface area contributed by atoms with Crippen molar-refractivity contribution in [2.24, 2.45) is 7.05 Å². The second-order valence-electron chi connectivity index (χ2n) is 4.07. The van der Waals surface area contributed by atoms with Gasteiger partial charge in [0.25, 0.3) is 5.91 Å². The van der Waals surface area contributed by atoms with Crippen LogP contribution in [0.4, 0.5) is 0 Å². The number of carbonyl (C=O) groups is 1. The summed E-state index contributed by atoms with van der Waals surface area (Å²) in [5.74, 6) is -0.109. The Morgan fingerprint density at radius 3 is 2.89 bits per heavy atom. The van der Waals surface area contributed by atoms with Crippen LogP contribution in [0, 0.1) is 0 Å². The molecule has 18 heavy (non-hydrogen) atoms. The molecule has 2 aromatic heterocycles. The molecule has 5 heteroatoms. The first-order valence-electron chi connectivity index (χ1n) is 5.44. The first kappa shape index (κ1) is 11.0. The Hall–Kier alpha value is -2.07. The van der Waals surface area contributed by atoms with E-state index in [2.05, 4.69) is 4.98 Å². The summed E-state index contributed by atoms with van der Waals surface area (Å²) in [7, 11) is 1.85. The van der Waals surface area contributed by atoms with Gasteiger partial charge in [-0.25, -0.2) is 4.98 Å². The highest BCUT2D eigenvalue weighted by molar-refractivity contribution is 6.31. The molecule has 3 aromatic rings. The third-order valence-electron chi connectivity index (χ3n) is 2.97. The molecule has 0 atom stereocenters. The van der Waals surface area contributed by atoms with Crippen molar-refractivity contribution in [1.29, 1.82) is 0 Å². The number of benzene rings is 1. The molecule has 0 aliphatic heterocycles. The van der Waals surface area contributed by atoms with Crippen molar-refractivity contribution in [3.05, 3.63) is 53.7 Å². The standard InChI is InChI=1S/C13H10ClN3O/c1-16-11-7-10(14)3-2-9(11)6-12(16)13(18)17-5-4-15-8-17/h2-8H,1H3. The maximum Gasteiger partial charge on any atom is 0.279 e. The van der Waals surface area contributed by atoms with Crippen LogP contribution in [-0.2, 0) is 7.05 Å².